The quantitative estimate of drug-likeness (QED) is 0.560. The zero-order chi connectivity index (χ0) is 26.1. The number of aryl methyl sites for hydroxylation is 1. The van der Waals surface area contributed by atoms with Gasteiger partial charge in [0.05, 0.1) is 0 Å². The van der Waals surface area contributed by atoms with E-state index in [-0.39, 0.29) is 11.7 Å². The average Bonchev–Trinajstić information content (AvgIpc) is 2.83. The fourth-order valence-electron chi connectivity index (χ4n) is 4.78. The number of amides is 1. The summed E-state index contributed by atoms with van der Waals surface area (Å²) in [5, 5.41) is 0. The van der Waals surface area contributed by atoms with Crippen LogP contribution in [0.25, 0.3) is 0 Å². The van der Waals surface area contributed by atoms with E-state index in [2.05, 4.69) is 27.9 Å². The fraction of sp³-hybridized carbons (Fsp3) is 0.593. The van der Waals surface area contributed by atoms with Crippen LogP contribution in [0.3, 0.4) is 0 Å². The smallest absolute Gasteiger partial charge is 0.354 e. The van der Waals surface area contributed by atoms with Crippen molar-refractivity contribution in [2.45, 2.75) is 58.5 Å². The van der Waals surface area contributed by atoms with Crippen molar-refractivity contribution in [1.82, 2.24) is 14.9 Å². The molecule has 3 heterocycles. The molecule has 2 aliphatic heterocycles. The summed E-state index contributed by atoms with van der Waals surface area (Å²) < 4.78 is 40.4. The molecule has 0 bridgehead atoms. The summed E-state index contributed by atoms with van der Waals surface area (Å²) in [6.07, 6.45) is -2.20. The summed E-state index contributed by atoms with van der Waals surface area (Å²) in [6, 6.07) is 9.19. The van der Waals surface area contributed by atoms with Crippen molar-refractivity contribution >= 4 is 17.4 Å². The summed E-state index contributed by atoms with van der Waals surface area (Å²) in [4.78, 5) is 27.1. The number of carbonyl (C=O) groups is 1. The van der Waals surface area contributed by atoms with E-state index in [0.29, 0.717) is 37.8 Å². The number of piperazine rings is 1. The van der Waals surface area contributed by atoms with Crippen molar-refractivity contribution in [3.63, 3.8) is 0 Å². The van der Waals surface area contributed by atoms with E-state index in [4.69, 9.17) is 0 Å². The van der Waals surface area contributed by atoms with E-state index < -0.39 is 17.3 Å². The Labute approximate surface area is 211 Å². The van der Waals surface area contributed by atoms with E-state index >= 15 is 0 Å². The highest BCUT2D eigenvalue weighted by Gasteiger charge is 2.36. The van der Waals surface area contributed by atoms with E-state index in [9.17, 15) is 18.0 Å². The molecule has 36 heavy (non-hydrogen) atoms. The number of para-hydroxylation sites is 1. The van der Waals surface area contributed by atoms with Crippen LogP contribution in [0.5, 0.6) is 0 Å². The molecule has 196 valence electrons. The molecule has 1 aromatic heterocycles. The molecule has 0 unspecified atom stereocenters. The van der Waals surface area contributed by atoms with Gasteiger partial charge in [0.25, 0.3) is 0 Å². The number of aromatic nitrogens is 2. The van der Waals surface area contributed by atoms with Gasteiger partial charge in [-0.05, 0) is 36.9 Å². The lowest BCUT2D eigenvalue weighted by atomic mass is 9.95. The maximum absolute atomic E-state index is 13.5. The van der Waals surface area contributed by atoms with Crippen molar-refractivity contribution in [3.05, 3.63) is 47.4 Å². The minimum atomic E-state index is -4.51. The normalized spacial score (nSPS) is 18.4. The minimum Gasteiger partial charge on any atom is -0.354 e. The SMILES string of the molecule is C[C@H](CCN1CCN(c2cc(C(F)(F)F)nc(C(C)(C)C)n2)CC1)CN1C(=O)CCc2ccccc21. The predicted octanol–water partition coefficient (Wildman–Crippen LogP) is 4.92. The Balaban J connectivity index is 1.33. The molecule has 0 spiro atoms. The third-order valence-electron chi connectivity index (χ3n) is 6.99. The van der Waals surface area contributed by atoms with Crippen molar-refractivity contribution in [1.29, 1.82) is 0 Å². The highest BCUT2D eigenvalue weighted by atomic mass is 19.4. The lowest BCUT2D eigenvalue weighted by Crippen LogP contribution is -2.47. The molecule has 0 saturated carbocycles. The van der Waals surface area contributed by atoms with Crippen LogP contribution in [0.1, 0.15) is 57.6 Å². The number of carbonyl (C=O) groups excluding carboxylic acids is 1. The first-order valence-corrected chi connectivity index (χ1v) is 12.7. The Bertz CT molecular complexity index is 1040. The van der Waals surface area contributed by atoms with Gasteiger partial charge in [0.1, 0.15) is 17.3 Å². The second kappa shape index (κ2) is 10.4. The number of fused-ring (bicyclic) bond motifs is 1. The second-order valence-electron chi connectivity index (χ2n) is 11.0. The van der Waals surface area contributed by atoms with Crippen LogP contribution < -0.4 is 9.80 Å². The number of rotatable bonds is 6. The average molecular weight is 504 g/mol. The molecule has 0 aliphatic carbocycles. The van der Waals surface area contributed by atoms with Gasteiger partial charge in [-0.15, -0.1) is 0 Å². The minimum absolute atomic E-state index is 0.187. The highest BCUT2D eigenvalue weighted by Crippen LogP contribution is 2.32. The van der Waals surface area contributed by atoms with Gasteiger partial charge in [0.2, 0.25) is 5.91 Å². The van der Waals surface area contributed by atoms with Crippen LogP contribution in [0.4, 0.5) is 24.7 Å². The number of hydrogen-bond acceptors (Lipinski definition) is 5. The molecule has 0 radical (unpaired) electrons. The molecule has 1 saturated heterocycles. The monoisotopic (exact) mass is 503 g/mol. The molecule has 6 nitrogen and oxygen atoms in total. The maximum Gasteiger partial charge on any atom is 0.433 e. The Morgan fingerprint density at radius 1 is 1.00 bits per heavy atom. The van der Waals surface area contributed by atoms with Crippen LogP contribution in [0, 0.1) is 5.92 Å². The Kier molecular flexibility index (Phi) is 7.59. The number of hydrogen-bond donors (Lipinski definition) is 0. The summed E-state index contributed by atoms with van der Waals surface area (Å²) in [5.41, 5.74) is 0.799. The molecule has 4 rings (SSSR count). The zero-order valence-corrected chi connectivity index (χ0v) is 21.6. The van der Waals surface area contributed by atoms with Crippen LogP contribution in [-0.4, -0.2) is 60.0 Å². The molecular formula is C27H36F3N5O. The van der Waals surface area contributed by atoms with Gasteiger partial charge in [-0.25, -0.2) is 9.97 Å². The van der Waals surface area contributed by atoms with Crippen molar-refractivity contribution in [3.8, 4) is 0 Å². The van der Waals surface area contributed by atoms with Gasteiger partial charge in [-0.3, -0.25) is 9.69 Å². The topological polar surface area (TPSA) is 52.6 Å². The summed E-state index contributed by atoms with van der Waals surface area (Å²) >= 11 is 0. The second-order valence-corrected chi connectivity index (χ2v) is 11.0. The molecule has 9 heteroatoms. The maximum atomic E-state index is 13.5. The first-order valence-electron chi connectivity index (χ1n) is 12.7. The van der Waals surface area contributed by atoms with Crippen molar-refractivity contribution < 1.29 is 18.0 Å². The van der Waals surface area contributed by atoms with Gasteiger partial charge < -0.3 is 9.80 Å². The number of nitrogens with zero attached hydrogens (tertiary/aromatic N) is 5. The van der Waals surface area contributed by atoms with Gasteiger partial charge >= 0.3 is 6.18 Å². The molecule has 2 aromatic rings. The lowest BCUT2D eigenvalue weighted by molar-refractivity contribution is -0.141. The molecular weight excluding hydrogens is 467 g/mol. The van der Waals surface area contributed by atoms with Crippen molar-refractivity contribution in [2.75, 3.05) is 49.1 Å². The summed E-state index contributed by atoms with van der Waals surface area (Å²) in [5.74, 6) is 1.07. The van der Waals surface area contributed by atoms with E-state index in [1.54, 1.807) is 0 Å². The molecule has 0 N–H and O–H groups in total. The summed E-state index contributed by atoms with van der Waals surface area (Å²) in [7, 11) is 0. The number of alkyl halides is 3. The van der Waals surface area contributed by atoms with Gasteiger partial charge in [-0.1, -0.05) is 45.9 Å². The standard InChI is InChI=1S/C27H36F3N5O/c1-19(18-35-21-8-6-5-7-20(21)9-10-24(35)36)11-12-33-13-15-34(16-14-33)23-17-22(27(28,29)30)31-25(32-23)26(2,3)4/h5-8,17,19H,9-16,18H2,1-4H3/t19-/m1/s1. The molecule has 1 amide bonds. The van der Waals surface area contributed by atoms with Crippen LogP contribution >= 0.6 is 0 Å². The number of benzene rings is 1. The van der Waals surface area contributed by atoms with Gasteiger partial charge in [-0.2, -0.15) is 13.2 Å². The van der Waals surface area contributed by atoms with E-state index in [1.165, 1.54) is 5.56 Å². The third-order valence-corrected chi connectivity index (χ3v) is 6.99. The molecule has 1 aromatic carbocycles. The molecule has 1 fully saturated rings. The third kappa shape index (κ3) is 6.17. The van der Waals surface area contributed by atoms with Gasteiger partial charge in [0, 0.05) is 56.3 Å². The highest BCUT2D eigenvalue weighted by molar-refractivity contribution is 5.96. The number of halogens is 3. The van der Waals surface area contributed by atoms with Crippen LogP contribution in [0.15, 0.2) is 30.3 Å². The van der Waals surface area contributed by atoms with Crippen LogP contribution in [-0.2, 0) is 22.8 Å². The van der Waals surface area contributed by atoms with Crippen molar-refractivity contribution in [2.24, 2.45) is 5.92 Å². The van der Waals surface area contributed by atoms with E-state index in [1.807, 2.05) is 48.8 Å². The Morgan fingerprint density at radius 2 is 1.69 bits per heavy atom. The predicted molar refractivity (Wildman–Crippen MR) is 135 cm³/mol. The fourth-order valence-corrected chi connectivity index (χ4v) is 4.78. The van der Waals surface area contributed by atoms with Crippen LogP contribution in [0.2, 0.25) is 0 Å². The molecule has 1 atom stereocenters. The largest absolute Gasteiger partial charge is 0.433 e. The van der Waals surface area contributed by atoms with E-state index in [0.717, 1.165) is 44.2 Å². The first kappa shape index (κ1) is 26.4. The molecule has 2 aliphatic rings. The van der Waals surface area contributed by atoms with Gasteiger partial charge in [0.15, 0.2) is 0 Å². The number of anilines is 2. The Hall–Kier alpha value is -2.68. The lowest BCUT2D eigenvalue weighted by Gasteiger charge is -2.37. The zero-order valence-electron chi connectivity index (χ0n) is 21.6. The first-order chi connectivity index (χ1) is 16.9. The Morgan fingerprint density at radius 3 is 2.36 bits per heavy atom. The summed E-state index contributed by atoms with van der Waals surface area (Å²) in [6.45, 7) is 12.0.